The number of nitrogens with two attached hydrogens (primary N) is 1. The predicted molar refractivity (Wildman–Crippen MR) is 78.9 cm³/mol. The van der Waals surface area contributed by atoms with Crippen LogP contribution in [-0.4, -0.2) is 9.97 Å². The third-order valence-electron chi connectivity index (χ3n) is 2.93. The Morgan fingerprint density at radius 3 is 2.44 bits per heavy atom. The van der Waals surface area contributed by atoms with Gasteiger partial charge in [-0.3, -0.25) is 0 Å². The molecule has 0 aliphatic carbocycles. The minimum absolute atomic E-state index is 0. The third-order valence-corrected chi connectivity index (χ3v) is 2.93. The summed E-state index contributed by atoms with van der Waals surface area (Å²) in [5, 5.41) is 0. The van der Waals surface area contributed by atoms with E-state index < -0.39 is 0 Å². The first kappa shape index (κ1) is 14.6. The fraction of sp³-hybridized carbons (Fsp3) is 0.357. The van der Waals surface area contributed by atoms with Gasteiger partial charge in [-0.1, -0.05) is 44.0 Å². The predicted octanol–water partition coefficient (Wildman–Crippen LogP) is 3.81. The van der Waals surface area contributed by atoms with Crippen LogP contribution in [0.3, 0.4) is 0 Å². The monoisotopic (exact) mass is 265 g/mol. The number of hydrogen-bond donors (Lipinski definition) is 2. The number of aromatic amines is 1. The average Bonchev–Trinajstić information content (AvgIpc) is 2.77. The highest BCUT2D eigenvalue weighted by Crippen LogP contribution is 2.19. The van der Waals surface area contributed by atoms with Crippen LogP contribution >= 0.6 is 12.4 Å². The summed E-state index contributed by atoms with van der Waals surface area (Å²) >= 11 is 0. The first-order valence-electron chi connectivity index (χ1n) is 6.19. The number of rotatable bonds is 5. The zero-order chi connectivity index (χ0) is 12.1. The summed E-state index contributed by atoms with van der Waals surface area (Å²) in [5.74, 6) is 0.465. The molecule has 0 aliphatic rings. The van der Waals surface area contributed by atoms with Crippen LogP contribution in [0, 0.1) is 0 Å². The molecule has 2 aromatic rings. The van der Waals surface area contributed by atoms with E-state index in [0.29, 0.717) is 5.95 Å². The van der Waals surface area contributed by atoms with Crippen LogP contribution in [-0.2, 0) is 6.42 Å². The number of benzene rings is 1. The number of halogens is 1. The highest BCUT2D eigenvalue weighted by atomic mass is 35.5. The molecule has 0 radical (unpaired) electrons. The molecule has 98 valence electrons. The molecule has 2 rings (SSSR count). The largest absolute Gasteiger partial charge is 0.369 e. The summed E-state index contributed by atoms with van der Waals surface area (Å²) in [6.07, 6.45) is 6.78. The van der Waals surface area contributed by atoms with Crippen LogP contribution in [0.15, 0.2) is 30.5 Å². The van der Waals surface area contributed by atoms with Gasteiger partial charge in [0.15, 0.2) is 5.95 Å². The molecular formula is C14H20ClN3. The highest BCUT2D eigenvalue weighted by molar-refractivity contribution is 5.85. The van der Waals surface area contributed by atoms with E-state index in [1.54, 1.807) is 6.20 Å². The molecule has 0 amide bonds. The topological polar surface area (TPSA) is 54.7 Å². The summed E-state index contributed by atoms with van der Waals surface area (Å²) in [6, 6.07) is 8.60. The smallest absolute Gasteiger partial charge is 0.197 e. The molecular weight excluding hydrogens is 246 g/mol. The number of nitrogens with zero attached hydrogens (tertiary/aromatic N) is 1. The maximum atomic E-state index is 5.56. The number of H-pyrrole nitrogens is 1. The van der Waals surface area contributed by atoms with Gasteiger partial charge in [-0.05, 0) is 24.0 Å². The molecule has 0 saturated carbocycles. The van der Waals surface area contributed by atoms with E-state index in [1.807, 2.05) is 0 Å². The van der Waals surface area contributed by atoms with Crippen LogP contribution in [0.4, 0.5) is 5.95 Å². The van der Waals surface area contributed by atoms with Crippen molar-refractivity contribution in [1.82, 2.24) is 9.97 Å². The Morgan fingerprint density at radius 1 is 1.17 bits per heavy atom. The molecule has 3 nitrogen and oxygen atoms in total. The van der Waals surface area contributed by atoms with E-state index in [1.165, 1.54) is 31.2 Å². The van der Waals surface area contributed by atoms with Gasteiger partial charge in [0.25, 0.3) is 0 Å². The number of nitrogen functional groups attached to an aromatic ring is 1. The number of nitrogens with one attached hydrogen (secondary N) is 1. The van der Waals surface area contributed by atoms with E-state index in [0.717, 1.165) is 11.3 Å². The second kappa shape index (κ2) is 7.07. The van der Waals surface area contributed by atoms with Gasteiger partial charge in [0.05, 0.1) is 11.9 Å². The Bertz CT molecular complexity index is 462. The molecule has 1 aromatic carbocycles. The maximum Gasteiger partial charge on any atom is 0.197 e. The van der Waals surface area contributed by atoms with Gasteiger partial charge in [-0.15, -0.1) is 12.4 Å². The van der Waals surface area contributed by atoms with E-state index in [4.69, 9.17) is 5.73 Å². The first-order valence-corrected chi connectivity index (χ1v) is 6.19. The summed E-state index contributed by atoms with van der Waals surface area (Å²) in [7, 11) is 0. The summed E-state index contributed by atoms with van der Waals surface area (Å²) in [6.45, 7) is 2.23. The summed E-state index contributed by atoms with van der Waals surface area (Å²) in [5.41, 5.74) is 9.07. The number of aromatic nitrogens is 2. The Kier molecular flexibility index (Phi) is 5.72. The van der Waals surface area contributed by atoms with Crippen molar-refractivity contribution in [3.63, 3.8) is 0 Å². The van der Waals surface area contributed by atoms with Crippen LogP contribution in [0.25, 0.3) is 11.3 Å². The zero-order valence-electron chi connectivity index (χ0n) is 10.6. The fourth-order valence-electron chi connectivity index (χ4n) is 1.91. The third kappa shape index (κ3) is 3.77. The van der Waals surface area contributed by atoms with Gasteiger partial charge in [0.2, 0.25) is 0 Å². The van der Waals surface area contributed by atoms with Crippen molar-refractivity contribution < 1.29 is 0 Å². The lowest BCUT2D eigenvalue weighted by atomic mass is 10.0. The van der Waals surface area contributed by atoms with Crippen molar-refractivity contribution in [3.8, 4) is 11.3 Å². The van der Waals surface area contributed by atoms with Crippen molar-refractivity contribution >= 4 is 18.4 Å². The van der Waals surface area contributed by atoms with Crippen LogP contribution in [0.5, 0.6) is 0 Å². The molecule has 0 bridgehead atoms. The number of anilines is 1. The molecule has 0 spiro atoms. The molecule has 0 fully saturated rings. The SMILES string of the molecule is CCCCCc1ccc(-c2cnc(N)[nH]2)cc1.Cl. The van der Waals surface area contributed by atoms with Crippen molar-refractivity contribution in [1.29, 1.82) is 0 Å². The number of aryl methyl sites for hydroxylation is 1. The van der Waals surface area contributed by atoms with Crippen LogP contribution in [0.1, 0.15) is 31.7 Å². The van der Waals surface area contributed by atoms with Crippen molar-refractivity contribution in [3.05, 3.63) is 36.0 Å². The molecule has 0 atom stereocenters. The fourth-order valence-corrected chi connectivity index (χ4v) is 1.91. The highest BCUT2D eigenvalue weighted by Gasteiger charge is 2.01. The Morgan fingerprint density at radius 2 is 1.89 bits per heavy atom. The van der Waals surface area contributed by atoms with Crippen molar-refractivity contribution in [2.24, 2.45) is 0 Å². The minimum Gasteiger partial charge on any atom is -0.369 e. The Balaban J connectivity index is 0.00000162. The molecule has 1 aromatic heterocycles. The van der Waals surface area contributed by atoms with Gasteiger partial charge >= 0.3 is 0 Å². The van der Waals surface area contributed by atoms with E-state index >= 15 is 0 Å². The van der Waals surface area contributed by atoms with E-state index in [-0.39, 0.29) is 12.4 Å². The number of hydrogen-bond acceptors (Lipinski definition) is 2. The van der Waals surface area contributed by atoms with Crippen LogP contribution < -0.4 is 5.73 Å². The van der Waals surface area contributed by atoms with Gasteiger partial charge in [-0.2, -0.15) is 0 Å². The maximum absolute atomic E-state index is 5.56. The minimum atomic E-state index is 0. The van der Waals surface area contributed by atoms with Gasteiger partial charge < -0.3 is 10.7 Å². The van der Waals surface area contributed by atoms with Crippen molar-refractivity contribution in [2.45, 2.75) is 32.6 Å². The van der Waals surface area contributed by atoms with Gasteiger partial charge in [0.1, 0.15) is 0 Å². The van der Waals surface area contributed by atoms with E-state index in [2.05, 4.69) is 41.2 Å². The Labute approximate surface area is 114 Å². The Hall–Kier alpha value is -1.48. The lowest BCUT2D eigenvalue weighted by molar-refractivity contribution is 0.717. The standard InChI is InChI=1S/C14H19N3.ClH/c1-2-3-4-5-11-6-8-12(9-7-11)13-10-16-14(15)17-13;/h6-10H,2-5H2,1H3,(H3,15,16,17);1H. The second-order valence-corrected chi connectivity index (χ2v) is 4.34. The molecule has 3 N–H and O–H groups in total. The zero-order valence-corrected chi connectivity index (χ0v) is 11.5. The molecule has 0 unspecified atom stereocenters. The molecule has 18 heavy (non-hydrogen) atoms. The molecule has 1 heterocycles. The van der Waals surface area contributed by atoms with Gasteiger partial charge in [0, 0.05) is 0 Å². The van der Waals surface area contributed by atoms with Gasteiger partial charge in [-0.25, -0.2) is 4.98 Å². The van der Waals surface area contributed by atoms with Crippen molar-refractivity contribution in [2.75, 3.05) is 5.73 Å². The average molecular weight is 266 g/mol. The second-order valence-electron chi connectivity index (χ2n) is 4.34. The summed E-state index contributed by atoms with van der Waals surface area (Å²) in [4.78, 5) is 7.03. The number of unbranched alkanes of at least 4 members (excludes halogenated alkanes) is 2. The molecule has 0 saturated heterocycles. The lowest BCUT2D eigenvalue weighted by Gasteiger charge is -2.02. The lowest BCUT2D eigenvalue weighted by Crippen LogP contribution is -1.87. The normalized spacial score (nSPS) is 10.1. The summed E-state index contributed by atoms with van der Waals surface area (Å²) < 4.78 is 0. The first-order chi connectivity index (χ1) is 8.29. The quantitative estimate of drug-likeness (QED) is 0.808. The molecule has 0 aliphatic heterocycles. The number of imidazole rings is 1. The van der Waals surface area contributed by atoms with Crippen LogP contribution in [0.2, 0.25) is 0 Å². The van der Waals surface area contributed by atoms with E-state index in [9.17, 15) is 0 Å². The molecule has 4 heteroatoms.